The number of nitrogen functional groups attached to an aromatic ring is 2. The number of aryl methyl sites for hydroxylation is 1. The first-order chi connectivity index (χ1) is 17.1. The van der Waals surface area contributed by atoms with Crippen LogP contribution in [-0.4, -0.2) is 24.9 Å². The van der Waals surface area contributed by atoms with E-state index in [-0.39, 0.29) is 17.9 Å². The molecule has 0 aliphatic carbocycles. The zero-order valence-corrected chi connectivity index (χ0v) is 19.0. The molecule has 0 fully saturated rings. The summed E-state index contributed by atoms with van der Waals surface area (Å²) in [4.78, 5) is 24.1. The van der Waals surface area contributed by atoms with Crippen LogP contribution in [0.1, 0.15) is 27.9 Å². The number of benzene rings is 3. The van der Waals surface area contributed by atoms with Gasteiger partial charge in [-0.05, 0) is 84.6 Å². The average Bonchev–Trinajstić information content (AvgIpc) is 2.80. The Kier molecular flexibility index (Phi) is 8.56. The summed E-state index contributed by atoms with van der Waals surface area (Å²) in [6.45, 7) is 0.232. The standard InChI is InChI=1S/C26H23F3N2O5/c27-26(28,29)36-23-10-6-19(7-11-23)25(33)35-22-8-3-17(4-9-22)5-12-24(32)34-13-1-2-18-14-20(30)16-21(31)15-18/h3-12,14-16H,1-2,13,30-31H2. The van der Waals surface area contributed by atoms with Crippen LogP contribution < -0.4 is 20.9 Å². The van der Waals surface area contributed by atoms with E-state index in [9.17, 15) is 22.8 Å². The minimum Gasteiger partial charge on any atom is -0.463 e. The van der Waals surface area contributed by atoms with Crippen LogP contribution in [0, 0.1) is 0 Å². The molecule has 0 heterocycles. The van der Waals surface area contributed by atoms with E-state index in [2.05, 4.69) is 4.74 Å². The third-order valence-corrected chi connectivity index (χ3v) is 4.72. The van der Waals surface area contributed by atoms with Gasteiger partial charge in [0.15, 0.2) is 0 Å². The van der Waals surface area contributed by atoms with Crippen molar-refractivity contribution in [2.45, 2.75) is 19.2 Å². The highest BCUT2D eigenvalue weighted by Gasteiger charge is 2.31. The van der Waals surface area contributed by atoms with Crippen molar-refractivity contribution in [2.24, 2.45) is 0 Å². The fourth-order valence-electron chi connectivity index (χ4n) is 3.16. The monoisotopic (exact) mass is 500 g/mol. The maximum absolute atomic E-state index is 12.2. The largest absolute Gasteiger partial charge is 0.573 e. The number of carbonyl (C=O) groups is 2. The van der Waals surface area contributed by atoms with Crippen LogP contribution in [0.15, 0.2) is 72.8 Å². The Bertz CT molecular complexity index is 1200. The van der Waals surface area contributed by atoms with Crippen LogP contribution in [-0.2, 0) is 16.0 Å². The normalized spacial score (nSPS) is 11.3. The molecule has 36 heavy (non-hydrogen) atoms. The molecule has 188 valence electrons. The van der Waals surface area contributed by atoms with E-state index in [1.54, 1.807) is 24.3 Å². The molecule has 0 aliphatic rings. The number of hydrogen-bond acceptors (Lipinski definition) is 7. The van der Waals surface area contributed by atoms with Gasteiger partial charge in [0.2, 0.25) is 0 Å². The molecule has 0 unspecified atom stereocenters. The van der Waals surface area contributed by atoms with E-state index in [1.807, 2.05) is 12.1 Å². The van der Waals surface area contributed by atoms with Crippen LogP contribution in [0.5, 0.6) is 11.5 Å². The Labute approximate surface area is 205 Å². The first-order valence-electron chi connectivity index (χ1n) is 10.8. The lowest BCUT2D eigenvalue weighted by molar-refractivity contribution is -0.274. The van der Waals surface area contributed by atoms with Gasteiger partial charge in [-0.2, -0.15) is 0 Å². The summed E-state index contributed by atoms with van der Waals surface area (Å²) < 4.78 is 50.8. The molecule has 0 bridgehead atoms. The van der Waals surface area contributed by atoms with E-state index in [0.29, 0.717) is 29.8 Å². The number of esters is 2. The molecule has 0 radical (unpaired) electrons. The Morgan fingerprint density at radius 1 is 0.861 bits per heavy atom. The van der Waals surface area contributed by atoms with Gasteiger partial charge in [-0.3, -0.25) is 0 Å². The highest BCUT2D eigenvalue weighted by molar-refractivity contribution is 5.91. The lowest BCUT2D eigenvalue weighted by atomic mass is 10.1. The summed E-state index contributed by atoms with van der Waals surface area (Å²) in [6.07, 6.45) is -0.712. The zero-order chi connectivity index (χ0) is 26.1. The van der Waals surface area contributed by atoms with E-state index in [0.717, 1.165) is 29.8 Å². The third-order valence-electron chi connectivity index (χ3n) is 4.72. The van der Waals surface area contributed by atoms with E-state index in [1.165, 1.54) is 18.2 Å². The second-order valence-corrected chi connectivity index (χ2v) is 7.64. The molecule has 0 spiro atoms. The minimum absolute atomic E-state index is 0.0513. The second-order valence-electron chi connectivity index (χ2n) is 7.64. The fourth-order valence-corrected chi connectivity index (χ4v) is 3.16. The van der Waals surface area contributed by atoms with Crippen LogP contribution in [0.3, 0.4) is 0 Å². The number of rotatable bonds is 9. The Hall–Kier alpha value is -4.47. The molecule has 4 N–H and O–H groups in total. The van der Waals surface area contributed by atoms with Crippen molar-refractivity contribution in [3.8, 4) is 11.5 Å². The number of anilines is 2. The molecular formula is C26H23F3N2O5. The molecule has 0 atom stereocenters. The summed E-state index contributed by atoms with van der Waals surface area (Å²) in [5, 5.41) is 0. The van der Waals surface area contributed by atoms with Crippen LogP contribution in [0.4, 0.5) is 24.5 Å². The minimum atomic E-state index is -4.82. The maximum Gasteiger partial charge on any atom is 0.573 e. The molecule has 0 aliphatic heterocycles. The molecule has 0 saturated carbocycles. The van der Waals surface area contributed by atoms with E-state index < -0.39 is 24.1 Å². The topological polar surface area (TPSA) is 114 Å². The van der Waals surface area contributed by atoms with Crippen molar-refractivity contribution >= 4 is 29.4 Å². The third kappa shape index (κ3) is 8.71. The summed E-state index contributed by atoms with van der Waals surface area (Å²) >= 11 is 0. The van der Waals surface area contributed by atoms with Crippen molar-refractivity contribution in [3.63, 3.8) is 0 Å². The van der Waals surface area contributed by atoms with Crippen LogP contribution >= 0.6 is 0 Å². The van der Waals surface area contributed by atoms with Crippen LogP contribution in [0.2, 0.25) is 0 Å². The predicted octanol–water partition coefficient (Wildman–Crippen LogP) is 5.16. The van der Waals surface area contributed by atoms with Crippen molar-refractivity contribution in [1.29, 1.82) is 0 Å². The van der Waals surface area contributed by atoms with Crippen LogP contribution in [0.25, 0.3) is 6.08 Å². The Morgan fingerprint density at radius 3 is 2.08 bits per heavy atom. The van der Waals surface area contributed by atoms with E-state index in [4.69, 9.17) is 20.9 Å². The number of hydrogen-bond donors (Lipinski definition) is 2. The van der Waals surface area contributed by atoms with Gasteiger partial charge in [0.25, 0.3) is 0 Å². The van der Waals surface area contributed by atoms with Crippen molar-refractivity contribution in [3.05, 3.63) is 89.5 Å². The summed E-state index contributed by atoms with van der Waals surface area (Å²) in [6, 6.07) is 16.0. The van der Waals surface area contributed by atoms with Crippen molar-refractivity contribution in [2.75, 3.05) is 18.1 Å². The average molecular weight is 500 g/mol. The molecule has 3 aromatic rings. The highest BCUT2D eigenvalue weighted by atomic mass is 19.4. The number of alkyl halides is 3. The summed E-state index contributed by atoms with van der Waals surface area (Å²) in [7, 11) is 0. The Morgan fingerprint density at radius 2 is 1.47 bits per heavy atom. The molecule has 3 rings (SSSR count). The maximum atomic E-state index is 12.2. The van der Waals surface area contributed by atoms with Gasteiger partial charge >= 0.3 is 18.3 Å². The molecule has 3 aromatic carbocycles. The molecule has 10 heteroatoms. The Balaban J connectivity index is 1.43. The molecular weight excluding hydrogens is 477 g/mol. The lowest BCUT2D eigenvalue weighted by Crippen LogP contribution is -2.17. The molecule has 0 aromatic heterocycles. The number of nitrogens with two attached hydrogens (primary N) is 2. The highest BCUT2D eigenvalue weighted by Crippen LogP contribution is 2.23. The fraction of sp³-hybridized carbons (Fsp3) is 0.154. The summed E-state index contributed by atoms with van der Waals surface area (Å²) in [5.74, 6) is -1.48. The number of halogens is 3. The summed E-state index contributed by atoms with van der Waals surface area (Å²) in [5.41, 5.74) is 14.4. The van der Waals surface area contributed by atoms with Crippen molar-refractivity contribution < 1.29 is 37.0 Å². The first-order valence-corrected chi connectivity index (χ1v) is 10.8. The predicted molar refractivity (Wildman–Crippen MR) is 128 cm³/mol. The van der Waals surface area contributed by atoms with Gasteiger partial charge in [-0.25, -0.2) is 9.59 Å². The van der Waals surface area contributed by atoms with Gasteiger partial charge in [0.05, 0.1) is 12.2 Å². The number of carbonyl (C=O) groups excluding carboxylic acids is 2. The molecule has 0 saturated heterocycles. The van der Waals surface area contributed by atoms with Crippen molar-refractivity contribution in [1.82, 2.24) is 0 Å². The first kappa shape index (κ1) is 26.1. The van der Waals surface area contributed by atoms with Gasteiger partial charge < -0.3 is 25.7 Å². The zero-order valence-electron chi connectivity index (χ0n) is 19.0. The second kappa shape index (κ2) is 11.8. The van der Waals surface area contributed by atoms with Gasteiger partial charge in [0.1, 0.15) is 11.5 Å². The lowest BCUT2D eigenvalue weighted by Gasteiger charge is -2.09. The SMILES string of the molecule is Nc1cc(N)cc(CCCOC(=O)C=Cc2ccc(OC(=O)c3ccc(OC(F)(F)F)cc3)cc2)c1. The molecule has 7 nitrogen and oxygen atoms in total. The number of ether oxygens (including phenoxy) is 3. The smallest absolute Gasteiger partial charge is 0.463 e. The van der Waals surface area contributed by atoms with Gasteiger partial charge in [-0.1, -0.05) is 12.1 Å². The van der Waals surface area contributed by atoms with Gasteiger partial charge in [-0.15, -0.1) is 13.2 Å². The van der Waals surface area contributed by atoms with E-state index >= 15 is 0 Å². The quantitative estimate of drug-likeness (QED) is 0.137. The van der Waals surface area contributed by atoms with Gasteiger partial charge in [0, 0.05) is 17.5 Å². The molecule has 0 amide bonds.